The van der Waals surface area contributed by atoms with Gasteiger partial charge in [0.1, 0.15) is 0 Å². The maximum atomic E-state index is 10.6. The molecule has 3 rings (SSSR count). The van der Waals surface area contributed by atoms with E-state index in [1.807, 2.05) is 30.3 Å². The van der Waals surface area contributed by atoms with Gasteiger partial charge in [0.05, 0.1) is 0 Å². The molecule has 0 aliphatic rings. The molecule has 3 aromatic rings. The second-order valence-electron chi connectivity index (χ2n) is 4.01. The van der Waals surface area contributed by atoms with Crippen molar-refractivity contribution in [1.29, 1.82) is 0 Å². The summed E-state index contributed by atoms with van der Waals surface area (Å²) in [4.78, 5) is 18.1. The lowest BCUT2D eigenvalue weighted by Crippen LogP contribution is -1.94. The maximum absolute atomic E-state index is 10.6. The highest BCUT2D eigenvalue weighted by molar-refractivity contribution is 7.99. The number of nitrogens with one attached hydrogen (secondary N) is 1. The summed E-state index contributed by atoms with van der Waals surface area (Å²) in [5.41, 5.74) is 0.904. The third-order valence-corrected chi connectivity index (χ3v) is 3.47. The van der Waals surface area contributed by atoms with Crippen LogP contribution in [-0.2, 0) is 7.05 Å². The van der Waals surface area contributed by atoms with Gasteiger partial charge in [-0.15, -0.1) is 5.10 Å². The van der Waals surface area contributed by atoms with Crippen LogP contribution in [0.15, 0.2) is 40.6 Å². The molecule has 106 valence electrons. The second-order valence-corrected chi connectivity index (χ2v) is 4.94. The van der Waals surface area contributed by atoms with Gasteiger partial charge in [-0.05, 0) is 9.91 Å². The van der Waals surface area contributed by atoms with Crippen LogP contribution in [0.2, 0.25) is 0 Å². The highest BCUT2D eigenvalue weighted by Crippen LogP contribution is 2.25. The Labute approximate surface area is 122 Å². The first-order valence-electron chi connectivity index (χ1n) is 5.84. The zero-order valence-corrected chi connectivity index (χ0v) is 11.6. The molecule has 9 nitrogen and oxygen atoms in total. The molecule has 2 heterocycles. The van der Waals surface area contributed by atoms with E-state index in [-0.39, 0.29) is 0 Å². The number of nitro groups is 1. The van der Waals surface area contributed by atoms with E-state index in [9.17, 15) is 10.1 Å². The third kappa shape index (κ3) is 2.74. The summed E-state index contributed by atoms with van der Waals surface area (Å²) in [5.74, 6) is 0.175. The molecule has 1 aromatic carbocycles. The SMILES string of the molecule is Cn1nc([N+](=O)[O-])nc1Sc1n[nH]c(-c2ccccc2)n1. The number of rotatable bonds is 4. The van der Waals surface area contributed by atoms with E-state index in [2.05, 4.69) is 25.3 Å². The fourth-order valence-electron chi connectivity index (χ4n) is 1.62. The van der Waals surface area contributed by atoms with Gasteiger partial charge in [-0.2, -0.15) is 4.68 Å². The van der Waals surface area contributed by atoms with E-state index in [1.54, 1.807) is 7.05 Å². The van der Waals surface area contributed by atoms with Gasteiger partial charge >= 0.3 is 5.95 Å². The molecule has 0 bridgehead atoms. The van der Waals surface area contributed by atoms with E-state index in [0.717, 1.165) is 17.3 Å². The van der Waals surface area contributed by atoms with Crippen molar-refractivity contribution in [2.24, 2.45) is 7.05 Å². The topological polar surface area (TPSA) is 115 Å². The molecule has 0 aliphatic carbocycles. The highest BCUT2D eigenvalue weighted by Gasteiger charge is 2.21. The Hall–Kier alpha value is -2.75. The van der Waals surface area contributed by atoms with Crippen LogP contribution in [0.5, 0.6) is 0 Å². The minimum absolute atomic E-state index is 0.348. The van der Waals surface area contributed by atoms with Crippen LogP contribution in [-0.4, -0.2) is 34.9 Å². The van der Waals surface area contributed by atoms with Crippen molar-refractivity contribution in [3.63, 3.8) is 0 Å². The summed E-state index contributed by atoms with van der Waals surface area (Å²) >= 11 is 1.10. The number of hydrogen-bond acceptors (Lipinski definition) is 7. The van der Waals surface area contributed by atoms with Crippen LogP contribution < -0.4 is 0 Å². The minimum atomic E-state index is -0.641. The van der Waals surface area contributed by atoms with E-state index in [0.29, 0.717) is 16.1 Å². The fraction of sp³-hybridized carbons (Fsp3) is 0.0909. The van der Waals surface area contributed by atoms with Gasteiger partial charge in [0, 0.05) is 29.5 Å². The van der Waals surface area contributed by atoms with Crippen LogP contribution in [0.4, 0.5) is 5.95 Å². The number of hydrogen-bond donors (Lipinski definition) is 1. The quantitative estimate of drug-likeness (QED) is 0.575. The minimum Gasteiger partial charge on any atom is -0.390 e. The molecule has 0 radical (unpaired) electrons. The Kier molecular flexibility index (Phi) is 3.36. The predicted octanol–water partition coefficient (Wildman–Crippen LogP) is 1.66. The summed E-state index contributed by atoms with van der Waals surface area (Å²) in [6, 6.07) is 9.52. The van der Waals surface area contributed by atoms with Crippen molar-refractivity contribution in [3.05, 3.63) is 40.4 Å². The molecule has 0 saturated heterocycles. The molecule has 0 fully saturated rings. The van der Waals surface area contributed by atoms with Gasteiger partial charge in [0.15, 0.2) is 5.82 Å². The molecular formula is C11H9N7O2S. The molecule has 10 heteroatoms. The van der Waals surface area contributed by atoms with Gasteiger partial charge < -0.3 is 10.1 Å². The summed E-state index contributed by atoms with van der Waals surface area (Å²) < 4.78 is 1.32. The molecule has 0 unspecified atom stereocenters. The zero-order chi connectivity index (χ0) is 14.8. The van der Waals surface area contributed by atoms with E-state index in [4.69, 9.17) is 0 Å². The van der Waals surface area contributed by atoms with Crippen molar-refractivity contribution in [1.82, 2.24) is 29.9 Å². The number of aromatic amines is 1. The third-order valence-electron chi connectivity index (χ3n) is 2.57. The van der Waals surface area contributed by atoms with Crippen LogP contribution >= 0.6 is 11.8 Å². The van der Waals surface area contributed by atoms with Crippen LogP contribution in [0.1, 0.15) is 0 Å². The highest BCUT2D eigenvalue weighted by atomic mass is 32.2. The number of benzene rings is 1. The Balaban J connectivity index is 1.83. The van der Waals surface area contributed by atoms with Gasteiger partial charge in [0.25, 0.3) is 5.16 Å². The Morgan fingerprint density at radius 3 is 2.71 bits per heavy atom. The summed E-state index contributed by atoms with van der Waals surface area (Å²) in [6.45, 7) is 0. The maximum Gasteiger partial charge on any atom is 0.492 e. The van der Waals surface area contributed by atoms with Crippen LogP contribution in [0, 0.1) is 10.1 Å². The van der Waals surface area contributed by atoms with Crippen LogP contribution in [0.25, 0.3) is 11.4 Å². The van der Waals surface area contributed by atoms with Gasteiger partial charge in [-0.3, -0.25) is 5.10 Å². The first-order valence-corrected chi connectivity index (χ1v) is 6.66. The van der Waals surface area contributed by atoms with Gasteiger partial charge in [-0.25, -0.2) is 4.98 Å². The van der Waals surface area contributed by atoms with E-state index < -0.39 is 10.9 Å². The average Bonchev–Trinajstić information content (AvgIpc) is 3.08. The Morgan fingerprint density at radius 1 is 1.29 bits per heavy atom. The fourth-order valence-corrected chi connectivity index (χ4v) is 2.31. The van der Waals surface area contributed by atoms with Crippen molar-refractivity contribution < 1.29 is 4.92 Å². The lowest BCUT2D eigenvalue weighted by atomic mass is 10.2. The normalized spacial score (nSPS) is 10.7. The standard InChI is InChI=1S/C11H9N7O2S/c1-17-11(13-9(16-17)18(19)20)21-10-12-8(14-15-10)7-5-3-2-4-6-7/h2-6H,1H3,(H,12,14,15). The lowest BCUT2D eigenvalue weighted by Gasteiger charge is -1.92. The molecule has 1 N–H and O–H groups in total. The number of H-pyrrole nitrogens is 1. The Bertz CT molecular complexity index is 783. The number of aryl methyl sites for hydroxylation is 1. The zero-order valence-electron chi connectivity index (χ0n) is 10.8. The Morgan fingerprint density at radius 2 is 2.05 bits per heavy atom. The molecule has 0 spiro atoms. The van der Waals surface area contributed by atoms with E-state index >= 15 is 0 Å². The van der Waals surface area contributed by atoms with E-state index in [1.165, 1.54) is 4.68 Å². The summed E-state index contributed by atoms with van der Waals surface area (Å²) in [7, 11) is 1.58. The summed E-state index contributed by atoms with van der Waals surface area (Å²) in [6.07, 6.45) is 0. The lowest BCUT2D eigenvalue weighted by molar-refractivity contribution is -0.394. The molecule has 0 saturated carbocycles. The summed E-state index contributed by atoms with van der Waals surface area (Å²) in [5, 5.41) is 22.0. The predicted molar refractivity (Wildman–Crippen MR) is 73.6 cm³/mol. The molecular weight excluding hydrogens is 294 g/mol. The number of aromatic nitrogens is 6. The molecule has 21 heavy (non-hydrogen) atoms. The first kappa shape index (κ1) is 13.2. The molecule has 0 amide bonds. The molecule has 0 atom stereocenters. The van der Waals surface area contributed by atoms with Gasteiger partial charge in [0.2, 0.25) is 5.16 Å². The molecule has 2 aromatic heterocycles. The largest absolute Gasteiger partial charge is 0.492 e. The smallest absolute Gasteiger partial charge is 0.390 e. The van der Waals surface area contributed by atoms with Crippen molar-refractivity contribution in [2.75, 3.05) is 0 Å². The van der Waals surface area contributed by atoms with Crippen molar-refractivity contribution >= 4 is 17.7 Å². The molecule has 0 aliphatic heterocycles. The monoisotopic (exact) mass is 303 g/mol. The van der Waals surface area contributed by atoms with Gasteiger partial charge in [-0.1, -0.05) is 30.3 Å². The van der Waals surface area contributed by atoms with Crippen molar-refractivity contribution in [3.8, 4) is 11.4 Å². The van der Waals surface area contributed by atoms with Crippen molar-refractivity contribution in [2.45, 2.75) is 10.3 Å². The number of nitrogens with zero attached hydrogens (tertiary/aromatic N) is 6. The average molecular weight is 303 g/mol. The first-order chi connectivity index (χ1) is 10.1. The van der Waals surface area contributed by atoms with Crippen LogP contribution in [0.3, 0.4) is 0 Å². The second kappa shape index (κ2) is 5.32.